The number of aromatic nitrogens is 2. The minimum absolute atomic E-state index is 0.00531. The number of likely N-dealkylation sites (N-methyl/N-ethyl adjacent to an activating group) is 2. The molecule has 19 heavy (non-hydrogen) atoms. The van der Waals surface area contributed by atoms with Crippen LogP contribution in [-0.2, 0) is 12.8 Å². The summed E-state index contributed by atoms with van der Waals surface area (Å²) in [5, 5.41) is 0. The van der Waals surface area contributed by atoms with Gasteiger partial charge in [-0.2, -0.15) is 0 Å². The van der Waals surface area contributed by atoms with Gasteiger partial charge in [0.15, 0.2) is 0 Å². The SMILES string of the molecule is CCc1nc(CC2CN(C)CCN2C)[nH]c(=O)c1I. The number of hydrogen-bond donors (Lipinski definition) is 1. The average Bonchev–Trinajstić information content (AvgIpc) is 2.38. The van der Waals surface area contributed by atoms with Crippen LogP contribution in [0.25, 0.3) is 0 Å². The molecule has 0 amide bonds. The van der Waals surface area contributed by atoms with Gasteiger partial charge < -0.3 is 14.8 Å². The molecular formula is C13H21IN4O. The van der Waals surface area contributed by atoms with Crippen LogP contribution in [0.2, 0.25) is 0 Å². The number of aromatic amines is 1. The predicted octanol–water partition coefficient (Wildman–Crippen LogP) is 0.725. The molecule has 1 aliphatic rings. The smallest absolute Gasteiger partial charge is 0.264 e. The van der Waals surface area contributed by atoms with E-state index in [1.165, 1.54) is 0 Å². The quantitative estimate of drug-likeness (QED) is 0.791. The summed E-state index contributed by atoms with van der Waals surface area (Å²) < 4.78 is 0.720. The summed E-state index contributed by atoms with van der Waals surface area (Å²) in [7, 11) is 4.28. The fourth-order valence-corrected chi connectivity index (χ4v) is 3.07. The zero-order valence-electron chi connectivity index (χ0n) is 11.7. The van der Waals surface area contributed by atoms with E-state index >= 15 is 0 Å². The van der Waals surface area contributed by atoms with E-state index in [2.05, 4.69) is 56.5 Å². The molecule has 1 aliphatic heterocycles. The van der Waals surface area contributed by atoms with E-state index < -0.39 is 0 Å². The summed E-state index contributed by atoms with van der Waals surface area (Å²) >= 11 is 2.07. The van der Waals surface area contributed by atoms with Gasteiger partial charge in [0.25, 0.3) is 5.56 Å². The van der Waals surface area contributed by atoms with Crippen molar-refractivity contribution >= 4 is 22.6 Å². The molecule has 0 aliphatic carbocycles. The fraction of sp³-hybridized carbons (Fsp3) is 0.692. The van der Waals surface area contributed by atoms with Gasteiger partial charge in [-0.15, -0.1) is 0 Å². The van der Waals surface area contributed by atoms with Crippen molar-refractivity contribution in [1.29, 1.82) is 0 Å². The third kappa shape index (κ3) is 3.55. The van der Waals surface area contributed by atoms with Gasteiger partial charge in [0.05, 0.1) is 9.26 Å². The average molecular weight is 376 g/mol. The van der Waals surface area contributed by atoms with Crippen LogP contribution in [0.15, 0.2) is 4.79 Å². The van der Waals surface area contributed by atoms with Crippen molar-refractivity contribution in [3.05, 3.63) is 25.4 Å². The number of rotatable bonds is 3. The van der Waals surface area contributed by atoms with E-state index in [4.69, 9.17) is 0 Å². The van der Waals surface area contributed by atoms with Crippen LogP contribution in [0.5, 0.6) is 0 Å². The Hall–Kier alpha value is -0.470. The molecule has 106 valence electrons. The summed E-state index contributed by atoms with van der Waals surface area (Å²) in [6.07, 6.45) is 1.61. The number of nitrogens with one attached hydrogen (secondary N) is 1. The topological polar surface area (TPSA) is 52.2 Å². The number of hydrogen-bond acceptors (Lipinski definition) is 4. The Bertz CT molecular complexity index is 502. The van der Waals surface area contributed by atoms with Crippen molar-refractivity contribution in [3.63, 3.8) is 0 Å². The molecule has 0 radical (unpaired) electrons. The highest BCUT2D eigenvalue weighted by atomic mass is 127. The Labute approximate surface area is 127 Å². The van der Waals surface area contributed by atoms with Crippen LogP contribution < -0.4 is 5.56 Å². The molecule has 0 bridgehead atoms. The molecule has 1 aromatic heterocycles. The number of nitrogens with zero attached hydrogens (tertiary/aromatic N) is 3. The van der Waals surface area contributed by atoms with Gasteiger partial charge >= 0.3 is 0 Å². The van der Waals surface area contributed by atoms with Crippen molar-refractivity contribution in [3.8, 4) is 0 Å². The maximum Gasteiger partial charge on any atom is 0.264 e. The van der Waals surface area contributed by atoms with E-state index in [0.29, 0.717) is 6.04 Å². The molecule has 1 N–H and O–H groups in total. The fourth-order valence-electron chi connectivity index (χ4n) is 2.43. The molecule has 2 heterocycles. The predicted molar refractivity (Wildman–Crippen MR) is 84.6 cm³/mol. The molecule has 1 atom stereocenters. The van der Waals surface area contributed by atoms with Crippen molar-refractivity contribution in [1.82, 2.24) is 19.8 Å². The number of H-pyrrole nitrogens is 1. The van der Waals surface area contributed by atoms with Gasteiger partial charge in [0, 0.05) is 32.1 Å². The van der Waals surface area contributed by atoms with Crippen molar-refractivity contribution < 1.29 is 0 Å². The Morgan fingerprint density at radius 3 is 2.84 bits per heavy atom. The Kier molecular flexibility index (Phi) is 4.97. The molecule has 1 fully saturated rings. The molecule has 5 nitrogen and oxygen atoms in total. The minimum Gasteiger partial charge on any atom is -0.310 e. The van der Waals surface area contributed by atoms with E-state index in [0.717, 1.165) is 47.6 Å². The summed E-state index contributed by atoms with van der Waals surface area (Å²) in [4.78, 5) is 24.1. The second-order valence-corrected chi connectivity index (χ2v) is 6.31. The van der Waals surface area contributed by atoms with Crippen LogP contribution in [-0.4, -0.2) is 59.5 Å². The van der Waals surface area contributed by atoms with Crippen LogP contribution in [0.3, 0.4) is 0 Å². The minimum atomic E-state index is -0.00531. The van der Waals surface area contributed by atoms with Crippen LogP contribution in [0.4, 0.5) is 0 Å². The van der Waals surface area contributed by atoms with Crippen molar-refractivity contribution in [2.45, 2.75) is 25.8 Å². The van der Waals surface area contributed by atoms with E-state index in [-0.39, 0.29) is 5.56 Å². The molecule has 1 saturated heterocycles. The van der Waals surface area contributed by atoms with Gasteiger partial charge in [-0.05, 0) is 43.1 Å². The number of aryl methyl sites for hydroxylation is 1. The molecule has 2 rings (SSSR count). The zero-order chi connectivity index (χ0) is 14.0. The standard InChI is InChI=1S/C13H21IN4O/c1-4-10-12(14)13(19)16-11(15-10)7-9-8-17(2)5-6-18(9)3/h9H,4-8H2,1-3H3,(H,15,16,19). The van der Waals surface area contributed by atoms with Crippen LogP contribution >= 0.6 is 22.6 Å². The third-order valence-corrected chi connectivity index (χ3v) is 4.84. The second-order valence-electron chi connectivity index (χ2n) is 5.23. The molecule has 0 saturated carbocycles. The van der Waals surface area contributed by atoms with Gasteiger partial charge in [-0.1, -0.05) is 6.92 Å². The number of piperazine rings is 1. The lowest BCUT2D eigenvalue weighted by Crippen LogP contribution is -2.51. The monoisotopic (exact) mass is 376 g/mol. The van der Waals surface area contributed by atoms with Gasteiger partial charge in [0.2, 0.25) is 0 Å². The largest absolute Gasteiger partial charge is 0.310 e. The lowest BCUT2D eigenvalue weighted by molar-refractivity contribution is 0.113. The molecular weight excluding hydrogens is 355 g/mol. The summed E-state index contributed by atoms with van der Waals surface area (Å²) in [6, 6.07) is 0.423. The van der Waals surface area contributed by atoms with Gasteiger partial charge in [-0.25, -0.2) is 4.98 Å². The normalized spacial score (nSPS) is 21.8. The Morgan fingerprint density at radius 1 is 1.42 bits per heavy atom. The van der Waals surface area contributed by atoms with Gasteiger partial charge in [0.1, 0.15) is 5.82 Å². The third-order valence-electron chi connectivity index (χ3n) is 3.72. The molecule has 1 aromatic rings. The lowest BCUT2D eigenvalue weighted by Gasteiger charge is -2.37. The summed E-state index contributed by atoms with van der Waals surface area (Å²) in [5.41, 5.74) is 0.903. The van der Waals surface area contributed by atoms with E-state index in [9.17, 15) is 4.79 Å². The first-order valence-electron chi connectivity index (χ1n) is 6.67. The molecule has 6 heteroatoms. The van der Waals surface area contributed by atoms with E-state index in [1.807, 2.05) is 6.92 Å². The van der Waals surface area contributed by atoms with Crippen LogP contribution in [0, 0.1) is 3.57 Å². The van der Waals surface area contributed by atoms with Crippen LogP contribution in [0.1, 0.15) is 18.4 Å². The molecule has 0 spiro atoms. The summed E-state index contributed by atoms with van der Waals surface area (Å²) in [6.45, 7) is 5.22. The van der Waals surface area contributed by atoms with Gasteiger partial charge in [-0.3, -0.25) is 4.79 Å². The maximum atomic E-state index is 11.9. The summed E-state index contributed by atoms with van der Waals surface area (Å²) in [5.74, 6) is 0.814. The Morgan fingerprint density at radius 2 is 2.16 bits per heavy atom. The Balaban J connectivity index is 2.18. The molecule has 1 unspecified atom stereocenters. The first kappa shape index (κ1) is 14.9. The number of halogens is 1. The highest BCUT2D eigenvalue weighted by molar-refractivity contribution is 14.1. The lowest BCUT2D eigenvalue weighted by atomic mass is 10.1. The second kappa shape index (κ2) is 6.32. The van der Waals surface area contributed by atoms with Crippen molar-refractivity contribution in [2.24, 2.45) is 0 Å². The molecule has 0 aromatic carbocycles. The van der Waals surface area contributed by atoms with Crippen molar-refractivity contribution in [2.75, 3.05) is 33.7 Å². The first-order valence-corrected chi connectivity index (χ1v) is 7.75. The van der Waals surface area contributed by atoms with E-state index in [1.54, 1.807) is 0 Å². The highest BCUT2D eigenvalue weighted by Crippen LogP contribution is 2.11. The highest BCUT2D eigenvalue weighted by Gasteiger charge is 2.23. The maximum absolute atomic E-state index is 11.9. The first-order chi connectivity index (χ1) is 9.01. The zero-order valence-corrected chi connectivity index (χ0v) is 13.9.